The van der Waals surface area contributed by atoms with Gasteiger partial charge in [-0.3, -0.25) is 0 Å². The Hall–Kier alpha value is -2.80. The maximum atomic E-state index is 13.1. The average Bonchev–Trinajstić information content (AvgIpc) is 3.16. The summed E-state index contributed by atoms with van der Waals surface area (Å²) in [5.41, 5.74) is 2.77. The van der Waals surface area contributed by atoms with Crippen LogP contribution in [-0.2, 0) is 19.1 Å². The zero-order chi connectivity index (χ0) is 23.6. The van der Waals surface area contributed by atoms with Crippen LogP contribution in [0.2, 0.25) is 0 Å². The van der Waals surface area contributed by atoms with Gasteiger partial charge in [-0.2, -0.15) is 0 Å². The SMILES string of the molecule is CC1=C(C(=O)OC(C)C)C(c2ccc(-c3ccc(Br)cc3)o2)C(C(=O)OC(C)C)=C(C)N1. The van der Waals surface area contributed by atoms with Crippen LogP contribution in [0.1, 0.15) is 53.2 Å². The van der Waals surface area contributed by atoms with Crippen molar-refractivity contribution in [2.24, 2.45) is 0 Å². The number of furan rings is 1. The normalized spacial score (nSPS) is 14.8. The van der Waals surface area contributed by atoms with Gasteiger partial charge in [-0.1, -0.05) is 28.1 Å². The van der Waals surface area contributed by atoms with Crippen molar-refractivity contribution >= 4 is 27.9 Å². The van der Waals surface area contributed by atoms with Crippen LogP contribution in [-0.4, -0.2) is 24.1 Å². The number of carbonyl (C=O) groups is 2. The van der Waals surface area contributed by atoms with Gasteiger partial charge in [-0.25, -0.2) is 9.59 Å². The van der Waals surface area contributed by atoms with Crippen LogP contribution in [0.5, 0.6) is 0 Å². The van der Waals surface area contributed by atoms with Crippen LogP contribution in [0, 0.1) is 0 Å². The summed E-state index contributed by atoms with van der Waals surface area (Å²) in [5, 5.41) is 3.14. The third kappa shape index (κ3) is 5.15. The van der Waals surface area contributed by atoms with E-state index in [0.29, 0.717) is 34.1 Å². The van der Waals surface area contributed by atoms with Crippen molar-refractivity contribution < 1.29 is 23.5 Å². The average molecular weight is 502 g/mol. The number of rotatable bonds is 6. The summed E-state index contributed by atoms with van der Waals surface area (Å²) >= 11 is 3.43. The lowest BCUT2D eigenvalue weighted by Gasteiger charge is -2.29. The van der Waals surface area contributed by atoms with E-state index < -0.39 is 17.9 Å². The standard InChI is InChI=1S/C25H28BrNO5/c1-13(2)30-24(28)21-15(5)27-16(6)22(25(29)31-14(3)4)23(21)20-12-11-19(32-20)17-7-9-18(26)10-8-17/h7-14,23,27H,1-6H3. The van der Waals surface area contributed by atoms with Gasteiger partial charge >= 0.3 is 11.9 Å². The third-order valence-electron chi connectivity index (χ3n) is 4.93. The number of dihydropyridines is 1. The van der Waals surface area contributed by atoms with Crippen molar-refractivity contribution in [2.45, 2.75) is 59.7 Å². The summed E-state index contributed by atoms with van der Waals surface area (Å²) in [4.78, 5) is 26.1. The second kappa shape index (κ2) is 9.77. The molecule has 0 aliphatic carbocycles. The third-order valence-corrected chi connectivity index (χ3v) is 5.45. The molecular weight excluding hydrogens is 474 g/mol. The van der Waals surface area contributed by atoms with Gasteiger partial charge in [0.15, 0.2) is 0 Å². The van der Waals surface area contributed by atoms with Crippen LogP contribution >= 0.6 is 15.9 Å². The Bertz CT molecular complexity index is 1030. The van der Waals surface area contributed by atoms with Crippen molar-refractivity contribution in [1.29, 1.82) is 0 Å². The van der Waals surface area contributed by atoms with Crippen LogP contribution in [0.25, 0.3) is 11.3 Å². The second-order valence-electron chi connectivity index (χ2n) is 8.25. The summed E-state index contributed by atoms with van der Waals surface area (Å²) in [7, 11) is 0. The van der Waals surface area contributed by atoms with Crippen molar-refractivity contribution in [1.82, 2.24) is 5.32 Å². The molecule has 2 heterocycles. The number of hydrogen-bond acceptors (Lipinski definition) is 6. The molecule has 32 heavy (non-hydrogen) atoms. The van der Waals surface area contributed by atoms with E-state index in [9.17, 15) is 9.59 Å². The number of benzene rings is 1. The first kappa shape index (κ1) is 23.9. The minimum atomic E-state index is -0.752. The van der Waals surface area contributed by atoms with E-state index >= 15 is 0 Å². The number of allylic oxidation sites excluding steroid dienone is 2. The van der Waals surface area contributed by atoms with Gasteiger partial charge in [0.1, 0.15) is 11.5 Å². The predicted octanol–water partition coefficient (Wildman–Crippen LogP) is 5.85. The summed E-state index contributed by atoms with van der Waals surface area (Å²) in [6.45, 7) is 10.7. The fraction of sp³-hybridized carbons (Fsp3) is 0.360. The molecule has 170 valence electrons. The molecule has 0 unspecified atom stereocenters. The quantitative estimate of drug-likeness (QED) is 0.500. The molecule has 1 aromatic heterocycles. The molecule has 0 saturated heterocycles. The highest BCUT2D eigenvalue weighted by Crippen LogP contribution is 2.41. The van der Waals surface area contributed by atoms with Crippen LogP contribution in [0.4, 0.5) is 0 Å². The minimum Gasteiger partial charge on any atom is -0.460 e. The summed E-state index contributed by atoms with van der Waals surface area (Å²) < 4.78 is 18.2. The molecule has 6 nitrogen and oxygen atoms in total. The second-order valence-corrected chi connectivity index (χ2v) is 9.17. The van der Waals surface area contributed by atoms with Gasteiger partial charge in [0, 0.05) is 21.4 Å². The minimum absolute atomic E-state index is 0.309. The Morgan fingerprint density at radius 2 is 1.38 bits per heavy atom. The molecule has 1 aromatic carbocycles. The summed E-state index contributed by atoms with van der Waals surface area (Å²) in [6, 6.07) is 11.3. The maximum Gasteiger partial charge on any atom is 0.337 e. The van der Waals surface area contributed by atoms with E-state index in [1.807, 2.05) is 30.3 Å². The van der Waals surface area contributed by atoms with Gasteiger partial charge in [-0.15, -0.1) is 0 Å². The van der Waals surface area contributed by atoms with Crippen molar-refractivity contribution in [3.8, 4) is 11.3 Å². The topological polar surface area (TPSA) is 77.8 Å². The fourth-order valence-electron chi connectivity index (χ4n) is 3.65. The van der Waals surface area contributed by atoms with Gasteiger partial charge in [-0.05, 0) is 65.8 Å². The number of hydrogen-bond donors (Lipinski definition) is 1. The molecule has 1 aliphatic rings. The Kier molecular flexibility index (Phi) is 7.29. The highest BCUT2D eigenvalue weighted by molar-refractivity contribution is 9.10. The number of halogens is 1. The lowest BCUT2D eigenvalue weighted by Crippen LogP contribution is -2.33. The molecule has 0 saturated carbocycles. The Labute approximate surface area is 196 Å². The number of esters is 2. The largest absolute Gasteiger partial charge is 0.460 e. The molecule has 1 aliphatic heterocycles. The van der Waals surface area contributed by atoms with E-state index in [0.717, 1.165) is 10.0 Å². The molecule has 7 heteroatoms. The van der Waals surface area contributed by atoms with Crippen LogP contribution in [0.3, 0.4) is 0 Å². The molecule has 2 aromatic rings. The lowest BCUT2D eigenvalue weighted by atomic mass is 9.83. The van der Waals surface area contributed by atoms with Gasteiger partial charge in [0.2, 0.25) is 0 Å². The maximum absolute atomic E-state index is 13.1. The number of carbonyl (C=O) groups excluding carboxylic acids is 2. The lowest BCUT2D eigenvalue weighted by molar-refractivity contribution is -0.143. The first-order chi connectivity index (χ1) is 15.1. The van der Waals surface area contributed by atoms with Gasteiger partial charge < -0.3 is 19.2 Å². The first-order valence-electron chi connectivity index (χ1n) is 10.5. The first-order valence-corrected chi connectivity index (χ1v) is 11.3. The molecule has 0 atom stereocenters. The number of nitrogens with one attached hydrogen (secondary N) is 1. The Morgan fingerprint density at radius 3 is 1.84 bits per heavy atom. The molecule has 0 fully saturated rings. The molecule has 0 bridgehead atoms. The fourth-order valence-corrected chi connectivity index (χ4v) is 3.92. The van der Waals surface area contributed by atoms with Crippen LogP contribution < -0.4 is 5.32 Å². The van der Waals surface area contributed by atoms with Gasteiger partial charge in [0.05, 0.1) is 29.3 Å². The number of ether oxygens (including phenoxy) is 2. The monoisotopic (exact) mass is 501 g/mol. The molecule has 0 spiro atoms. The Morgan fingerprint density at radius 1 is 0.875 bits per heavy atom. The van der Waals surface area contributed by atoms with E-state index in [2.05, 4.69) is 21.2 Å². The van der Waals surface area contributed by atoms with E-state index in [4.69, 9.17) is 13.9 Å². The molecular formula is C25H28BrNO5. The van der Waals surface area contributed by atoms with Crippen molar-refractivity contribution in [2.75, 3.05) is 0 Å². The zero-order valence-electron chi connectivity index (χ0n) is 19.1. The highest BCUT2D eigenvalue weighted by Gasteiger charge is 2.40. The Balaban J connectivity index is 2.11. The highest BCUT2D eigenvalue weighted by atomic mass is 79.9. The molecule has 0 amide bonds. The smallest absolute Gasteiger partial charge is 0.337 e. The zero-order valence-corrected chi connectivity index (χ0v) is 20.7. The summed E-state index contributed by atoms with van der Waals surface area (Å²) in [5.74, 6) is -0.653. The molecule has 3 rings (SSSR count). The van der Waals surface area contributed by atoms with E-state index in [1.165, 1.54) is 0 Å². The van der Waals surface area contributed by atoms with Crippen molar-refractivity contribution in [3.63, 3.8) is 0 Å². The van der Waals surface area contributed by atoms with Gasteiger partial charge in [0.25, 0.3) is 0 Å². The predicted molar refractivity (Wildman–Crippen MR) is 126 cm³/mol. The van der Waals surface area contributed by atoms with E-state index in [1.54, 1.807) is 47.6 Å². The van der Waals surface area contributed by atoms with E-state index in [-0.39, 0.29) is 12.2 Å². The molecule has 0 radical (unpaired) electrons. The molecule has 1 N–H and O–H groups in total. The summed E-state index contributed by atoms with van der Waals surface area (Å²) in [6.07, 6.45) is -0.618. The van der Waals surface area contributed by atoms with Crippen LogP contribution in [0.15, 0.2) is 67.8 Å². The van der Waals surface area contributed by atoms with Crippen molar-refractivity contribution in [3.05, 3.63) is 69.2 Å².